The Morgan fingerprint density at radius 2 is 1.45 bits per heavy atom. The van der Waals surface area contributed by atoms with Crippen LogP contribution in [0.3, 0.4) is 0 Å². The number of fused-ring (bicyclic) bond motifs is 1. The van der Waals surface area contributed by atoms with Gasteiger partial charge in [-0.05, 0) is 48.7 Å². The van der Waals surface area contributed by atoms with Crippen molar-refractivity contribution in [1.82, 2.24) is 9.13 Å². The lowest BCUT2D eigenvalue weighted by molar-refractivity contribution is -0.138. The lowest BCUT2D eigenvalue weighted by Crippen LogP contribution is -2.51. The second-order valence-electron chi connectivity index (χ2n) is 8.68. The second kappa shape index (κ2) is 7.83. The fraction of sp³-hybridized carbons (Fsp3) is 0.269. The van der Waals surface area contributed by atoms with Crippen LogP contribution in [0.25, 0.3) is 11.0 Å². The zero-order chi connectivity index (χ0) is 23.3. The fourth-order valence-electron chi connectivity index (χ4n) is 4.95. The normalized spacial score (nSPS) is 14.6. The number of halogens is 3. The number of aryl methyl sites for hydroxylation is 2. The highest BCUT2D eigenvalue weighted by Gasteiger charge is 2.35. The van der Waals surface area contributed by atoms with Gasteiger partial charge in [0, 0.05) is 18.8 Å². The third-order valence-corrected chi connectivity index (χ3v) is 6.50. The standard InChI is InChI=1S/C26H24F3N3O/c1-17-8-7-9-18(2)24(17)30-15-20(16-30)32-23-13-6-5-12-22(23)31(25(32)33)14-19-10-3-4-11-21(19)26(27,28)29/h3-13,20H,14-16H2,1-2H3. The summed E-state index contributed by atoms with van der Waals surface area (Å²) in [5.74, 6) is 0. The molecule has 3 aromatic carbocycles. The Morgan fingerprint density at radius 3 is 2.12 bits per heavy atom. The number of hydrogen-bond acceptors (Lipinski definition) is 2. The summed E-state index contributed by atoms with van der Waals surface area (Å²) in [4.78, 5) is 15.7. The number of benzene rings is 3. The van der Waals surface area contributed by atoms with Crippen molar-refractivity contribution in [3.63, 3.8) is 0 Å². The Labute approximate surface area is 189 Å². The lowest BCUT2D eigenvalue weighted by atomic mass is 10.0. The molecular formula is C26H24F3N3O. The van der Waals surface area contributed by atoms with E-state index in [0.29, 0.717) is 18.6 Å². The first kappa shape index (κ1) is 21.4. The summed E-state index contributed by atoms with van der Waals surface area (Å²) >= 11 is 0. The quantitative estimate of drug-likeness (QED) is 0.407. The van der Waals surface area contributed by atoms with Gasteiger partial charge in [0.05, 0.1) is 29.2 Å². The largest absolute Gasteiger partial charge is 0.416 e. The molecule has 0 amide bonds. The number of alkyl halides is 3. The monoisotopic (exact) mass is 451 g/mol. The van der Waals surface area contributed by atoms with Crippen LogP contribution in [-0.4, -0.2) is 22.2 Å². The summed E-state index contributed by atoms with van der Waals surface area (Å²) in [5.41, 5.74) is 4.05. The first-order valence-electron chi connectivity index (χ1n) is 10.9. The summed E-state index contributed by atoms with van der Waals surface area (Å²) in [6.45, 7) is 5.38. The van der Waals surface area contributed by atoms with Gasteiger partial charge in [0.15, 0.2) is 0 Å². The summed E-state index contributed by atoms with van der Waals surface area (Å²) in [6.07, 6.45) is -4.47. The van der Waals surface area contributed by atoms with Crippen LogP contribution in [-0.2, 0) is 12.7 Å². The van der Waals surface area contributed by atoms with Crippen LogP contribution < -0.4 is 10.6 Å². The molecule has 0 atom stereocenters. The number of rotatable bonds is 4. The van der Waals surface area contributed by atoms with Gasteiger partial charge >= 0.3 is 11.9 Å². The molecule has 170 valence electrons. The van der Waals surface area contributed by atoms with Crippen molar-refractivity contribution >= 4 is 16.7 Å². The van der Waals surface area contributed by atoms with Crippen molar-refractivity contribution in [1.29, 1.82) is 0 Å². The van der Waals surface area contributed by atoms with E-state index in [1.165, 1.54) is 33.5 Å². The Hall–Kier alpha value is -3.48. The van der Waals surface area contributed by atoms with Crippen LogP contribution in [0.4, 0.5) is 18.9 Å². The van der Waals surface area contributed by atoms with E-state index in [2.05, 4.69) is 30.9 Å². The molecule has 1 aromatic heterocycles. The topological polar surface area (TPSA) is 30.2 Å². The molecule has 1 aliphatic heterocycles. The van der Waals surface area contributed by atoms with Crippen molar-refractivity contribution in [3.8, 4) is 0 Å². The predicted octanol–water partition coefficient (Wildman–Crippen LogP) is 5.55. The molecule has 7 heteroatoms. The Bertz CT molecular complexity index is 1370. The van der Waals surface area contributed by atoms with Gasteiger partial charge in [0.1, 0.15) is 0 Å². The number of nitrogens with zero attached hydrogens (tertiary/aromatic N) is 3. The molecule has 1 fully saturated rings. The number of anilines is 1. The SMILES string of the molecule is Cc1cccc(C)c1N1CC(n2c(=O)n(Cc3ccccc3C(F)(F)F)c3ccccc32)C1. The van der Waals surface area contributed by atoms with Gasteiger partial charge in [-0.15, -0.1) is 0 Å². The van der Waals surface area contributed by atoms with E-state index in [1.54, 1.807) is 16.7 Å². The molecule has 33 heavy (non-hydrogen) atoms. The van der Waals surface area contributed by atoms with Crippen LogP contribution in [0.1, 0.15) is 28.3 Å². The molecule has 1 saturated heterocycles. The predicted molar refractivity (Wildman–Crippen MR) is 124 cm³/mol. The van der Waals surface area contributed by atoms with Gasteiger partial charge in [-0.2, -0.15) is 13.2 Å². The van der Waals surface area contributed by atoms with Gasteiger partial charge in [-0.25, -0.2) is 4.79 Å². The maximum atomic E-state index is 13.5. The van der Waals surface area contributed by atoms with Crippen molar-refractivity contribution in [2.24, 2.45) is 0 Å². The highest BCUT2D eigenvalue weighted by Crippen LogP contribution is 2.35. The molecule has 0 saturated carbocycles. The lowest BCUT2D eigenvalue weighted by Gasteiger charge is -2.43. The molecule has 0 bridgehead atoms. The number of hydrogen-bond donors (Lipinski definition) is 0. The Balaban J connectivity index is 1.52. The van der Waals surface area contributed by atoms with Gasteiger partial charge in [0.25, 0.3) is 0 Å². The van der Waals surface area contributed by atoms with Crippen LogP contribution in [0.2, 0.25) is 0 Å². The maximum Gasteiger partial charge on any atom is 0.416 e. The highest BCUT2D eigenvalue weighted by atomic mass is 19.4. The number of aromatic nitrogens is 2. The van der Waals surface area contributed by atoms with E-state index in [9.17, 15) is 18.0 Å². The highest BCUT2D eigenvalue weighted by molar-refractivity contribution is 5.76. The smallest absolute Gasteiger partial charge is 0.367 e. The first-order chi connectivity index (χ1) is 15.8. The minimum absolute atomic E-state index is 0.0412. The van der Waals surface area contributed by atoms with Crippen molar-refractivity contribution in [3.05, 3.63) is 99.5 Å². The summed E-state index contributed by atoms with van der Waals surface area (Å²) < 4.78 is 43.8. The third-order valence-electron chi connectivity index (χ3n) is 6.50. The molecule has 0 aliphatic carbocycles. The molecule has 0 N–H and O–H groups in total. The number of imidazole rings is 1. The van der Waals surface area contributed by atoms with Crippen LogP contribution in [0.5, 0.6) is 0 Å². The average molecular weight is 451 g/mol. The van der Waals surface area contributed by atoms with E-state index in [4.69, 9.17) is 0 Å². The van der Waals surface area contributed by atoms with Gasteiger partial charge in [-0.1, -0.05) is 48.5 Å². The van der Waals surface area contributed by atoms with Crippen molar-refractivity contribution < 1.29 is 13.2 Å². The maximum absolute atomic E-state index is 13.5. The zero-order valence-electron chi connectivity index (χ0n) is 18.4. The van der Waals surface area contributed by atoms with E-state index in [1.807, 2.05) is 24.3 Å². The van der Waals surface area contributed by atoms with Crippen molar-refractivity contribution in [2.75, 3.05) is 18.0 Å². The summed E-state index contributed by atoms with van der Waals surface area (Å²) in [5, 5.41) is 0. The van der Waals surface area contributed by atoms with E-state index >= 15 is 0 Å². The summed E-state index contributed by atoms with van der Waals surface area (Å²) in [7, 11) is 0. The average Bonchev–Trinajstić information content (AvgIpc) is 3.01. The van der Waals surface area contributed by atoms with Gasteiger partial charge < -0.3 is 4.90 Å². The van der Waals surface area contributed by atoms with Gasteiger partial charge in [0.2, 0.25) is 0 Å². The van der Waals surface area contributed by atoms with Crippen LogP contribution in [0.15, 0.2) is 71.5 Å². The van der Waals surface area contributed by atoms with Gasteiger partial charge in [-0.3, -0.25) is 9.13 Å². The molecule has 4 aromatic rings. The summed E-state index contributed by atoms with van der Waals surface area (Å²) in [6, 6.07) is 18.9. The van der Waals surface area contributed by atoms with Crippen LogP contribution in [0, 0.1) is 13.8 Å². The Kier molecular flexibility index (Phi) is 5.07. The molecule has 2 heterocycles. The minimum atomic E-state index is -4.47. The first-order valence-corrected chi connectivity index (χ1v) is 10.9. The fourth-order valence-corrected chi connectivity index (χ4v) is 4.95. The van der Waals surface area contributed by atoms with E-state index in [-0.39, 0.29) is 23.8 Å². The van der Waals surface area contributed by atoms with Crippen molar-refractivity contribution in [2.45, 2.75) is 32.6 Å². The molecule has 0 radical (unpaired) electrons. The third kappa shape index (κ3) is 3.61. The molecule has 5 rings (SSSR count). The molecular weight excluding hydrogens is 427 g/mol. The van der Waals surface area contributed by atoms with E-state index < -0.39 is 11.7 Å². The van der Waals surface area contributed by atoms with E-state index in [0.717, 1.165) is 11.6 Å². The van der Waals surface area contributed by atoms with Crippen LogP contribution >= 0.6 is 0 Å². The zero-order valence-corrected chi connectivity index (χ0v) is 18.4. The number of para-hydroxylation sites is 3. The Morgan fingerprint density at radius 1 is 0.848 bits per heavy atom. The molecule has 0 spiro atoms. The molecule has 4 nitrogen and oxygen atoms in total. The second-order valence-corrected chi connectivity index (χ2v) is 8.68. The molecule has 0 unspecified atom stereocenters. The molecule has 1 aliphatic rings. The minimum Gasteiger partial charge on any atom is -0.367 e.